The zero-order valence-corrected chi connectivity index (χ0v) is 9.97. The zero-order valence-electron chi connectivity index (χ0n) is 6.46. The molecule has 60 valence electrons. The first-order chi connectivity index (χ1) is 5.22. The number of hydrogen-bond donors (Lipinski definition) is 0. The Balaban J connectivity index is 0. The molecule has 0 saturated heterocycles. The molecule has 0 aliphatic heterocycles. The molecule has 0 spiro atoms. The van der Waals surface area contributed by atoms with Crippen molar-refractivity contribution in [3.63, 3.8) is 0 Å². The number of hydrogen-bond acceptors (Lipinski definition) is 2. The van der Waals surface area contributed by atoms with Gasteiger partial charge in [0.1, 0.15) is 0 Å². The van der Waals surface area contributed by atoms with Crippen LogP contribution >= 0.6 is 23.2 Å². The second-order valence-electron chi connectivity index (χ2n) is 1.51. The van der Waals surface area contributed by atoms with E-state index in [-0.39, 0.29) is 29.6 Å². The van der Waals surface area contributed by atoms with Crippen LogP contribution in [0.15, 0.2) is 24.3 Å². The van der Waals surface area contributed by atoms with Crippen molar-refractivity contribution < 1.29 is 39.5 Å². The Morgan fingerprint density at radius 1 is 1.17 bits per heavy atom. The fourth-order valence-electron chi connectivity index (χ4n) is 0.439. The van der Waals surface area contributed by atoms with Gasteiger partial charge in [0.25, 0.3) is 0 Å². The third kappa shape index (κ3) is 6.95. The van der Waals surface area contributed by atoms with E-state index in [4.69, 9.17) is 33.1 Å². The van der Waals surface area contributed by atoms with Crippen LogP contribution < -0.4 is 34.7 Å². The molecule has 12 heavy (non-hydrogen) atoms. The third-order valence-corrected chi connectivity index (χ3v) is 1.58. The Labute approximate surface area is 103 Å². The van der Waals surface area contributed by atoms with E-state index in [2.05, 4.69) is 0 Å². The van der Waals surface area contributed by atoms with Gasteiger partial charge >= 0.3 is 29.6 Å². The molecule has 5 heteroatoms. The molecule has 0 aromatic heterocycles. The van der Waals surface area contributed by atoms with E-state index < -0.39 is 6.47 Å². The smallest absolute Gasteiger partial charge is 0.554 e. The minimum atomic E-state index is -0.500. The largest absolute Gasteiger partial charge is 1.00 e. The molecule has 0 fully saturated rings. The van der Waals surface area contributed by atoms with Crippen LogP contribution in [0.4, 0.5) is 0 Å². The summed E-state index contributed by atoms with van der Waals surface area (Å²) in [6.07, 6.45) is 0. The Morgan fingerprint density at radius 2 is 1.42 bits per heavy atom. The van der Waals surface area contributed by atoms with E-state index in [0.29, 0.717) is 10.0 Å². The molecule has 0 amide bonds. The summed E-state index contributed by atoms with van der Waals surface area (Å²) in [4.78, 5) is 8.25. The molecule has 0 radical (unpaired) electrons. The number of halogens is 2. The van der Waals surface area contributed by atoms with Crippen molar-refractivity contribution in [1.29, 1.82) is 0 Å². The summed E-state index contributed by atoms with van der Waals surface area (Å²) in [6, 6.07) is 7.19. The average molecular weight is 215 g/mol. The monoisotopic (exact) mass is 214 g/mol. The van der Waals surface area contributed by atoms with Crippen molar-refractivity contribution in [2.24, 2.45) is 0 Å². The topological polar surface area (TPSA) is 40.1 Å². The maximum atomic E-state index is 8.25. The summed E-state index contributed by atoms with van der Waals surface area (Å²) in [5.74, 6) is 0. The summed E-state index contributed by atoms with van der Waals surface area (Å²) in [5, 5.41) is 9.46. The SMILES string of the molecule is Clc1ccccc1Cl.O=C[O-].[Na+]. The van der Waals surface area contributed by atoms with Gasteiger partial charge in [-0.05, 0) is 12.1 Å². The zero-order chi connectivity index (χ0) is 8.69. The molecule has 0 N–H and O–H groups in total. The van der Waals surface area contributed by atoms with Gasteiger partial charge in [-0.2, -0.15) is 0 Å². The van der Waals surface area contributed by atoms with E-state index in [0.717, 1.165) is 0 Å². The van der Waals surface area contributed by atoms with Crippen LogP contribution in [-0.2, 0) is 4.79 Å². The molecule has 0 aliphatic rings. The Morgan fingerprint density at radius 3 is 1.58 bits per heavy atom. The van der Waals surface area contributed by atoms with Crippen molar-refractivity contribution in [3.8, 4) is 0 Å². The molecular weight excluding hydrogens is 210 g/mol. The quantitative estimate of drug-likeness (QED) is 0.384. The van der Waals surface area contributed by atoms with Crippen LogP contribution in [0.1, 0.15) is 0 Å². The Kier molecular flexibility index (Phi) is 11.5. The van der Waals surface area contributed by atoms with Gasteiger partial charge < -0.3 is 9.90 Å². The van der Waals surface area contributed by atoms with E-state index in [9.17, 15) is 0 Å². The van der Waals surface area contributed by atoms with Gasteiger partial charge in [0.2, 0.25) is 0 Å². The fraction of sp³-hybridized carbons (Fsp3) is 0. The van der Waals surface area contributed by atoms with Crippen molar-refractivity contribution >= 4 is 29.7 Å². The van der Waals surface area contributed by atoms with Crippen LogP contribution in [0.2, 0.25) is 10.0 Å². The molecule has 1 aromatic rings. The van der Waals surface area contributed by atoms with Gasteiger partial charge in [-0.25, -0.2) is 0 Å². The second kappa shape index (κ2) is 9.36. The first-order valence-electron chi connectivity index (χ1n) is 2.68. The molecule has 0 unspecified atom stereocenters. The predicted molar refractivity (Wildman–Crippen MR) is 42.5 cm³/mol. The molecule has 0 aliphatic carbocycles. The molecule has 0 bridgehead atoms. The van der Waals surface area contributed by atoms with Crippen LogP contribution in [0, 0.1) is 0 Å². The third-order valence-electron chi connectivity index (χ3n) is 0.824. The Hall–Kier alpha value is 0.270. The number of carbonyl (C=O) groups is 1. The second-order valence-corrected chi connectivity index (χ2v) is 2.32. The predicted octanol–water partition coefficient (Wildman–Crippen LogP) is -1.64. The van der Waals surface area contributed by atoms with E-state index in [1.54, 1.807) is 12.1 Å². The van der Waals surface area contributed by atoms with Gasteiger partial charge in [0.15, 0.2) is 0 Å². The van der Waals surface area contributed by atoms with Crippen LogP contribution in [0.5, 0.6) is 0 Å². The summed E-state index contributed by atoms with van der Waals surface area (Å²) in [6.45, 7) is -0.500. The normalized spacial score (nSPS) is 7.17. The maximum absolute atomic E-state index is 8.25. The van der Waals surface area contributed by atoms with Gasteiger partial charge in [-0.15, -0.1) is 0 Å². The summed E-state index contributed by atoms with van der Waals surface area (Å²) >= 11 is 11.2. The van der Waals surface area contributed by atoms with Crippen molar-refractivity contribution in [3.05, 3.63) is 34.3 Å². The molecule has 0 heterocycles. The van der Waals surface area contributed by atoms with Crippen LogP contribution in [0.25, 0.3) is 0 Å². The molecule has 1 aromatic carbocycles. The average Bonchev–Trinajstić information content (AvgIpc) is 1.97. The molecular formula is C7H5Cl2NaO2. The number of benzene rings is 1. The summed E-state index contributed by atoms with van der Waals surface area (Å²) < 4.78 is 0. The molecule has 0 saturated carbocycles. The Bertz CT molecular complexity index is 209. The van der Waals surface area contributed by atoms with Gasteiger partial charge in [0.05, 0.1) is 10.0 Å². The van der Waals surface area contributed by atoms with Crippen molar-refractivity contribution in [1.82, 2.24) is 0 Å². The summed E-state index contributed by atoms with van der Waals surface area (Å²) in [7, 11) is 0. The fourth-order valence-corrected chi connectivity index (χ4v) is 0.711. The van der Waals surface area contributed by atoms with Crippen LogP contribution in [0.3, 0.4) is 0 Å². The first-order valence-corrected chi connectivity index (χ1v) is 3.43. The van der Waals surface area contributed by atoms with Gasteiger partial charge in [-0.3, -0.25) is 0 Å². The van der Waals surface area contributed by atoms with Crippen LogP contribution in [-0.4, -0.2) is 6.47 Å². The van der Waals surface area contributed by atoms with Gasteiger partial charge in [0, 0.05) is 6.47 Å². The first kappa shape index (κ1) is 14.8. The molecule has 2 nitrogen and oxygen atoms in total. The minimum absolute atomic E-state index is 0. The maximum Gasteiger partial charge on any atom is 1.00 e. The van der Waals surface area contributed by atoms with E-state index in [1.807, 2.05) is 12.1 Å². The molecule has 0 atom stereocenters. The standard InChI is InChI=1S/C6H4Cl2.CH2O2.Na/c7-5-3-1-2-4-6(5)8;2-1-3;/h1-4H;1H,(H,2,3);/q;;+1/p-1. The number of rotatable bonds is 0. The van der Waals surface area contributed by atoms with Crippen molar-refractivity contribution in [2.75, 3.05) is 0 Å². The number of carbonyl (C=O) groups excluding carboxylic acids is 1. The summed E-state index contributed by atoms with van der Waals surface area (Å²) in [5.41, 5.74) is 0. The minimum Gasteiger partial charge on any atom is -0.554 e. The molecule has 1 rings (SSSR count). The van der Waals surface area contributed by atoms with E-state index >= 15 is 0 Å². The van der Waals surface area contributed by atoms with Gasteiger partial charge in [-0.1, -0.05) is 35.3 Å². The van der Waals surface area contributed by atoms with Crippen molar-refractivity contribution in [2.45, 2.75) is 0 Å². The number of carboxylic acid groups (broad SMARTS) is 1. The van der Waals surface area contributed by atoms with E-state index in [1.165, 1.54) is 0 Å².